The van der Waals surface area contributed by atoms with Crippen molar-refractivity contribution in [1.29, 1.82) is 0 Å². The van der Waals surface area contributed by atoms with Gasteiger partial charge in [0.05, 0.1) is 0 Å². The lowest BCUT2D eigenvalue weighted by Crippen LogP contribution is -2.36. The third-order valence-electron chi connectivity index (χ3n) is 5.27. The van der Waals surface area contributed by atoms with Crippen molar-refractivity contribution in [3.05, 3.63) is 35.4 Å². The number of hydrogen-bond acceptors (Lipinski definition) is 1. The third-order valence-corrected chi connectivity index (χ3v) is 5.27. The van der Waals surface area contributed by atoms with Crippen LogP contribution in [-0.4, -0.2) is 6.04 Å². The van der Waals surface area contributed by atoms with E-state index in [4.69, 9.17) is 0 Å². The van der Waals surface area contributed by atoms with Gasteiger partial charge in [-0.05, 0) is 67.9 Å². The van der Waals surface area contributed by atoms with Gasteiger partial charge in [0.25, 0.3) is 0 Å². The van der Waals surface area contributed by atoms with Crippen LogP contribution in [0.4, 0.5) is 0 Å². The van der Waals surface area contributed by atoms with Crippen molar-refractivity contribution in [1.82, 2.24) is 5.32 Å². The second-order valence-electron chi connectivity index (χ2n) is 6.86. The highest BCUT2D eigenvalue weighted by molar-refractivity contribution is 5.31. The SMILES string of the molecule is c1ccc2c(c1)CCCCC2NC(C1CC1)C1CC1. The van der Waals surface area contributed by atoms with Gasteiger partial charge in [0, 0.05) is 12.1 Å². The van der Waals surface area contributed by atoms with Crippen molar-refractivity contribution in [2.45, 2.75) is 63.5 Å². The molecule has 2 fully saturated rings. The van der Waals surface area contributed by atoms with E-state index in [-0.39, 0.29) is 0 Å². The lowest BCUT2D eigenvalue weighted by molar-refractivity contribution is 0.351. The van der Waals surface area contributed by atoms with Crippen LogP contribution in [0.1, 0.15) is 62.1 Å². The molecule has 0 amide bonds. The minimum absolute atomic E-state index is 0.630. The lowest BCUT2D eigenvalue weighted by atomic mass is 9.96. The standard InChI is InChI=1S/C18H25N/c1-3-7-16-13(5-1)6-2-4-8-17(16)19-18(14-9-10-14)15-11-12-15/h1,3,5,7,14-15,17-19H,2,4,6,8-12H2. The molecule has 0 heterocycles. The summed E-state index contributed by atoms with van der Waals surface area (Å²) >= 11 is 0. The van der Waals surface area contributed by atoms with Gasteiger partial charge in [0.2, 0.25) is 0 Å². The molecule has 1 aromatic rings. The zero-order chi connectivity index (χ0) is 12.7. The molecule has 3 aliphatic rings. The fourth-order valence-electron chi connectivity index (χ4n) is 3.89. The van der Waals surface area contributed by atoms with Crippen LogP contribution in [-0.2, 0) is 6.42 Å². The van der Waals surface area contributed by atoms with Gasteiger partial charge in [0.1, 0.15) is 0 Å². The van der Waals surface area contributed by atoms with E-state index in [1.165, 1.54) is 51.4 Å². The molecule has 1 heteroatoms. The van der Waals surface area contributed by atoms with Crippen molar-refractivity contribution in [3.8, 4) is 0 Å². The van der Waals surface area contributed by atoms with Gasteiger partial charge in [-0.15, -0.1) is 0 Å². The number of rotatable bonds is 4. The van der Waals surface area contributed by atoms with Crippen LogP contribution < -0.4 is 5.32 Å². The molecule has 0 radical (unpaired) electrons. The van der Waals surface area contributed by atoms with Crippen LogP contribution in [0.5, 0.6) is 0 Å². The number of fused-ring (bicyclic) bond motifs is 1. The maximum Gasteiger partial charge on any atom is 0.0325 e. The van der Waals surface area contributed by atoms with Crippen molar-refractivity contribution in [2.24, 2.45) is 11.8 Å². The first-order chi connectivity index (χ1) is 9.42. The van der Waals surface area contributed by atoms with Crippen LogP contribution >= 0.6 is 0 Å². The normalized spacial score (nSPS) is 27.1. The molecule has 0 saturated heterocycles. The van der Waals surface area contributed by atoms with Crippen LogP contribution in [0, 0.1) is 11.8 Å². The molecule has 1 unspecified atom stereocenters. The van der Waals surface area contributed by atoms with Crippen molar-refractivity contribution >= 4 is 0 Å². The summed E-state index contributed by atoms with van der Waals surface area (Å²) < 4.78 is 0. The van der Waals surface area contributed by atoms with Gasteiger partial charge in [-0.2, -0.15) is 0 Å². The number of nitrogens with one attached hydrogen (secondary N) is 1. The van der Waals surface area contributed by atoms with E-state index in [0.29, 0.717) is 6.04 Å². The summed E-state index contributed by atoms with van der Waals surface area (Å²) in [5.74, 6) is 2.01. The molecule has 1 aromatic carbocycles. The van der Waals surface area contributed by atoms with Crippen LogP contribution in [0.3, 0.4) is 0 Å². The Kier molecular flexibility index (Phi) is 3.11. The highest BCUT2D eigenvalue weighted by Gasteiger charge is 2.42. The minimum atomic E-state index is 0.630. The average Bonchev–Trinajstić information content (AvgIpc) is 3.31. The van der Waals surface area contributed by atoms with Crippen molar-refractivity contribution < 1.29 is 0 Å². The third kappa shape index (κ3) is 2.58. The van der Waals surface area contributed by atoms with Gasteiger partial charge < -0.3 is 5.32 Å². The predicted octanol–water partition coefficient (Wildman–Crippen LogP) is 4.23. The molecule has 0 spiro atoms. The molecular weight excluding hydrogens is 230 g/mol. The zero-order valence-corrected chi connectivity index (χ0v) is 11.8. The smallest absolute Gasteiger partial charge is 0.0325 e. The maximum absolute atomic E-state index is 4.08. The highest BCUT2D eigenvalue weighted by Crippen LogP contribution is 2.46. The van der Waals surface area contributed by atoms with Crippen molar-refractivity contribution in [3.63, 3.8) is 0 Å². The van der Waals surface area contributed by atoms with Gasteiger partial charge in [0.15, 0.2) is 0 Å². The first-order valence-electron chi connectivity index (χ1n) is 8.25. The molecule has 1 atom stereocenters. The number of hydrogen-bond donors (Lipinski definition) is 1. The Morgan fingerprint density at radius 1 is 0.895 bits per heavy atom. The fourth-order valence-corrected chi connectivity index (χ4v) is 3.89. The molecule has 1 N–H and O–H groups in total. The monoisotopic (exact) mass is 255 g/mol. The summed E-state index contributed by atoms with van der Waals surface area (Å²) in [6.45, 7) is 0. The summed E-state index contributed by atoms with van der Waals surface area (Å²) in [6, 6.07) is 10.6. The molecule has 2 saturated carbocycles. The number of benzene rings is 1. The van der Waals surface area contributed by atoms with Crippen LogP contribution in [0.2, 0.25) is 0 Å². The van der Waals surface area contributed by atoms with Gasteiger partial charge in [-0.3, -0.25) is 0 Å². The second kappa shape index (κ2) is 4.94. The molecule has 0 aromatic heterocycles. The Balaban J connectivity index is 1.56. The second-order valence-corrected chi connectivity index (χ2v) is 6.86. The topological polar surface area (TPSA) is 12.0 Å². The largest absolute Gasteiger partial charge is 0.307 e. The Bertz CT molecular complexity index is 433. The summed E-state index contributed by atoms with van der Waals surface area (Å²) in [7, 11) is 0. The van der Waals surface area contributed by atoms with Gasteiger partial charge in [-0.1, -0.05) is 30.7 Å². The van der Waals surface area contributed by atoms with E-state index in [9.17, 15) is 0 Å². The van der Waals surface area contributed by atoms with E-state index in [1.54, 1.807) is 11.1 Å². The Morgan fingerprint density at radius 2 is 1.63 bits per heavy atom. The molecule has 0 bridgehead atoms. The van der Waals surface area contributed by atoms with Crippen LogP contribution in [0.15, 0.2) is 24.3 Å². The van der Waals surface area contributed by atoms with E-state index in [2.05, 4.69) is 29.6 Å². The molecule has 1 nitrogen and oxygen atoms in total. The summed E-state index contributed by atoms with van der Waals surface area (Å²) in [5.41, 5.74) is 3.20. The lowest BCUT2D eigenvalue weighted by Gasteiger charge is -2.26. The predicted molar refractivity (Wildman–Crippen MR) is 79.1 cm³/mol. The fraction of sp³-hybridized carbons (Fsp3) is 0.667. The van der Waals surface area contributed by atoms with E-state index >= 15 is 0 Å². The Labute approximate surface area is 116 Å². The van der Waals surface area contributed by atoms with Gasteiger partial charge in [-0.25, -0.2) is 0 Å². The Hall–Kier alpha value is -0.820. The molecule has 4 rings (SSSR count). The van der Waals surface area contributed by atoms with Crippen molar-refractivity contribution in [2.75, 3.05) is 0 Å². The zero-order valence-electron chi connectivity index (χ0n) is 11.8. The maximum atomic E-state index is 4.08. The Morgan fingerprint density at radius 3 is 2.37 bits per heavy atom. The molecule has 0 aliphatic heterocycles. The highest BCUT2D eigenvalue weighted by atomic mass is 15.0. The quantitative estimate of drug-likeness (QED) is 0.794. The van der Waals surface area contributed by atoms with E-state index in [1.807, 2.05) is 0 Å². The molecule has 3 aliphatic carbocycles. The number of aryl methyl sites for hydroxylation is 1. The first kappa shape index (κ1) is 12.0. The minimum Gasteiger partial charge on any atom is -0.307 e. The average molecular weight is 255 g/mol. The summed E-state index contributed by atoms with van der Waals surface area (Å²) in [5, 5.41) is 4.08. The molecular formula is C18H25N. The summed E-state index contributed by atoms with van der Waals surface area (Å²) in [4.78, 5) is 0. The molecule has 102 valence electrons. The summed E-state index contributed by atoms with van der Waals surface area (Å²) in [6.07, 6.45) is 11.3. The molecule has 19 heavy (non-hydrogen) atoms. The van der Waals surface area contributed by atoms with Crippen LogP contribution in [0.25, 0.3) is 0 Å². The van der Waals surface area contributed by atoms with E-state index in [0.717, 1.165) is 17.9 Å². The van der Waals surface area contributed by atoms with Gasteiger partial charge >= 0.3 is 0 Å². The van der Waals surface area contributed by atoms with E-state index < -0.39 is 0 Å². The first-order valence-corrected chi connectivity index (χ1v) is 8.25.